The fraction of sp³-hybridized carbons (Fsp3) is 0.583. The SMILES string of the molecule is CCCCCCC1=C(c2ccccc2)C(C(C)C)(N(C)C)C=C1OCC. The standard InChI is InChI=1S/C24H37NO/c1-7-9-10-14-17-21-22(26-8-2)18-24(19(3)4,25(5)6)23(21)20-15-12-11-13-16-20/h11-13,15-16,18-19H,7-10,14,17H2,1-6H3. The van der Waals surface area contributed by atoms with Crippen LogP contribution in [0.5, 0.6) is 0 Å². The molecule has 144 valence electrons. The van der Waals surface area contributed by atoms with Gasteiger partial charge in [-0.15, -0.1) is 0 Å². The number of rotatable bonds is 10. The molecule has 1 aliphatic rings. The number of nitrogens with zero attached hydrogens (tertiary/aromatic N) is 1. The molecule has 0 amide bonds. The zero-order valence-electron chi connectivity index (χ0n) is 17.6. The molecule has 26 heavy (non-hydrogen) atoms. The van der Waals surface area contributed by atoms with Crippen molar-refractivity contribution in [3.8, 4) is 0 Å². The second kappa shape index (κ2) is 9.41. The molecule has 1 atom stereocenters. The quantitative estimate of drug-likeness (QED) is 0.457. The topological polar surface area (TPSA) is 12.5 Å². The lowest BCUT2D eigenvalue weighted by Crippen LogP contribution is -2.47. The van der Waals surface area contributed by atoms with Gasteiger partial charge in [-0.25, -0.2) is 0 Å². The third-order valence-electron chi connectivity index (χ3n) is 5.61. The lowest BCUT2D eigenvalue weighted by atomic mass is 9.76. The summed E-state index contributed by atoms with van der Waals surface area (Å²) >= 11 is 0. The molecule has 0 aliphatic heterocycles. The van der Waals surface area contributed by atoms with Gasteiger partial charge in [-0.3, -0.25) is 4.90 Å². The van der Waals surface area contributed by atoms with E-state index in [1.54, 1.807) is 0 Å². The van der Waals surface area contributed by atoms with E-state index in [-0.39, 0.29) is 5.54 Å². The molecule has 0 aromatic heterocycles. The molecule has 0 spiro atoms. The maximum Gasteiger partial charge on any atom is 0.121 e. The van der Waals surface area contributed by atoms with E-state index in [1.165, 1.54) is 42.4 Å². The van der Waals surface area contributed by atoms with E-state index in [2.05, 4.69) is 83.1 Å². The third-order valence-corrected chi connectivity index (χ3v) is 5.61. The van der Waals surface area contributed by atoms with Crippen molar-refractivity contribution in [2.24, 2.45) is 5.92 Å². The molecule has 2 nitrogen and oxygen atoms in total. The number of likely N-dealkylation sites (N-methyl/N-ethyl adjacent to an activating group) is 1. The van der Waals surface area contributed by atoms with Crippen molar-refractivity contribution in [1.29, 1.82) is 0 Å². The average Bonchev–Trinajstić information content (AvgIpc) is 2.95. The molecule has 0 bridgehead atoms. The normalized spacial score (nSPS) is 20.2. The summed E-state index contributed by atoms with van der Waals surface area (Å²) in [5, 5.41) is 0. The highest BCUT2D eigenvalue weighted by Crippen LogP contribution is 2.49. The van der Waals surface area contributed by atoms with Gasteiger partial charge in [-0.05, 0) is 62.6 Å². The van der Waals surface area contributed by atoms with Gasteiger partial charge in [0.25, 0.3) is 0 Å². The molecule has 1 aliphatic carbocycles. The van der Waals surface area contributed by atoms with Crippen molar-refractivity contribution in [3.63, 3.8) is 0 Å². The Kier molecular flexibility index (Phi) is 7.52. The number of unbranched alkanes of at least 4 members (excludes halogenated alkanes) is 3. The van der Waals surface area contributed by atoms with E-state index in [0.29, 0.717) is 12.5 Å². The number of hydrogen-bond donors (Lipinski definition) is 0. The summed E-state index contributed by atoms with van der Waals surface area (Å²) in [4.78, 5) is 2.37. The second-order valence-electron chi connectivity index (χ2n) is 7.85. The van der Waals surface area contributed by atoms with E-state index in [1.807, 2.05) is 0 Å². The maximum atomic E-state index is 6.16. The monoisotopic (exact) mass is 355 g/mol. The van der Waals surface area contributed by atoms with Crippen LogP contribution in [0.15, 0.2) is 47.7 Å². The first-order valence-corrected chi connectivity index (χ1v) is 10.3. The summed E-state index contributed by atoms with van der Waals surface area (Å²) in [7, 11) is 4.39. The van der Waals surface area contributed by atoms with Crippen LogP contribution >= 0.6 is 0 Å². The maximum absolute atomic E-state index is 6.16. The highest BCUT2D eigenvalue weighted by molar-refractivity contribution is 5.84. The van der Waals surface area contributed by atoms with Crippen LogP contribution in [0, 0.1) is 5.92 Å². The van der Waals surface area contributed by atoms with Crippen LogP contribution < -0.4 is 0 Å². The molecule has 1 aromatic rings. The number of ether oxygens (including phenoxy) is 1. The van der Waals surface area contributed by atoms with E-state index < -0.39 is 0 Å². The van der Waals surface area contributed by atoms with Gasteiger partial charge in [0.15, 0.2) is 0 Å². The van der Waals surface area contributed by atoms with E-state index >= 15 is 0 Å². The minimum atomic E-state index is -0.119. The van der Waals surface area contributed by atoms with Crippen molar-refractivity contribution in [3.05, 3.63) is 53.3 Å². The molecule has 0 heterocycles. The summed E-state index contributed by atoms with van der Waals surface area (Å²) in [6.45, 7) is 9.72. The van der Waals surface area contributed by atoms with Gasteiger partial charge in [-0.1, -0.05) is 70.4 Å². The lowest BCUT2D eigenvalue weighted by molar-refractivity contribution is 0.199. The Bertz CT molecular complexity index is 617. The van der Waals surface area contributed by atoms with E-state index in [4.69, 9.17) is 4.74 Å². The fourth-order valence-electron chi connectivity index (χ4n) is 4.32. The minimum absolute atomic E-state index is 0.119. The summed E-state index contributed by atoms with van der Waals surface area (Å²) in [6.07, 6.45) is 8.58. The Morgan fingerprint density at radius 1 is 1.00 bits per heavy atom. The Morgan fingerprint density at radius 2 is 1.69 bits per heavy atom. The molecule has 1 aromatic carbocycles. The Morgan fingerprint density at radius 3 is 2.23 bits per heavy atom. The average molecular weight is 356 g/mol. The lowest BCUT2D eigenvalue weighted by Gasteiger charge is -2.41. The predicted octanol–water partition coefficient (Wildman–Crippen LogP) is 6.30. The van der Waals surface area contributed by atoms with Crippen molar-refractivity contribution in [2.45, 2.75) is 65.3 Å². The molecule has 0 fully saturated rings. The van der Waals surface area contributed by atoms with Crippen LogP contribution in [0.25, 0.3) is 5.57 Å². The summed E-state index contributed by atoms with van der Waals surface area (Å²) in [5.74, 6) is 1.56. The van der Waals surface area contributed by atoms with Gasteiger partial charge in [0.1, 0.15) is 5.76 Å². The fourth-order valence-corrected chi connectivity index (χ4v) is 4.32. The Balaban J connectivity index is 2.58. The van der Waals surface area contributed by atoms with Crippen molar-refractivity contribution in [1.82, 2.24) is 4.90 Å². The third kappa shape index (κ3) is 4.06. The van der Waals surface area contributed by atoms with Crippen molar-refractivity contribution in [2.75, 3.05) is 20.7 Å². The van der Waals surface area contributed by atoms with Gasteiger partial charge in [0.2, 0.25) is 0 Å². The highest BCUT2D eigenvalue weighted by atomic mass is 16.5. The largest absolute Gasteiger partial charge is 0.494 e. The molecule has 0 saturated carbocycles. The molecular weight excluding hydrogens is 318 g/mol. The van der Waals surface area contributed by atoms with Crippen LogP contribution in [-0.2, 0) is 4.74 Å². The van der Waals surface area contributed by atoms with Crippen molar-refractivity contribution >= 4 is 5.57 Å². The summed E-state index contributed by atoms with van der Waals surface area (Å²) in [5.41, 5.74) is 4.06. The first-order chi connectivity index (χ1) is 12.5. The van der Waals surface area contributed by atoms with Crippen LogP contribution in [0.3, 0.4) is 0 Å². The molecule has 2 rings (SSSR count). The van der Waals surface area contributed by atoms with Crippen LogP contribution in [0.4, 0.5) is 0 Å². The smallest absolute Gasteiger partial charge is 0.121 e. The first kappa shape index (κ1) is 20.8. The highest BCUT2D eigenvalue weighted by Gasteiger charge is 2.45. The zero-order valence-corrected chi connectivity index (χ0v) is 17.6. The van der Waals surface area contributed by atoms with Gasteiger partial charge >= 0.3 is 0 Å². The molecule has 2 heteroatoms. The van der Waals surface area contributed by atoms with Gasteiger partial charge in [-0.2, -0.15) is 0 Å². The molecule has 0 radical (unpaired) electrons. The number of benzene rings is 1. The van der Waals surface area contributed by atoms with Crippen LogP contribution in [0.1, 0.15) is 65.4 Å². The van der Waals surface area contributed by atoms with Gasteiger partial charge in [0.05, 0.1) is 12.1 Å². The molecular formula is C24H37NO. The zero-order chi connectivity index (χ0) is 19.2. The summed E-state index contributed by atoms with van der Waals surface area (Å²) in [6, 6.07) is 10.9. The second-order valence-corrected chi connectivity index (χ2v) is 7.85. The number of hydrogen-bond acceptors (Lipinski definition) is 2. The first-order valence-electron chi connectivity index (χ1n) is 10.3. The Labute approximate surface area is 160 Å². The van der Waals surface area contributed by atoms with E-state index in [0.717, 1.165) is 12.2 Å². The number of allylic oxidation sites excluding steroid dienone is 1. The molecule has 1 unspecified atom stereocenters. The summed E-state index contributed by atoms with van der Waals surface area (Å²) < 4.78 is 6.16. The van der Waals surface area contributed by atoms with E-state index in [9.17, 15) is 0 Å². The van der Waals surface area contributed by atoms with Crippen LogP contribution in [-0.4, -0.2) is 31.1 Å². The molecule has 0 saturated heterocycles. The van der Waals surface area contributed by atoms with Gasteiger partial charge in [0, 0.05) is 0 Å². The van der Waals surface area contributed by atoms with Crippen LogP contribution in [0.2, 0.25) is 0 Å². The molecule has 0 N–H and O–H groups in total. The van der Waals surface area contributed by atoms with Crippen molar-refractivity contribution < 1.29 is 4.74 Å². The predicted molar refractivity (Wildman–Crippen MR) is 113 cm³/mol. The Hall–Kier alpha value is -1.54. The minimum Gasteiger partial charge on any atom is -0.494 e. The van der Waals surface area contributed by atoms with Gasteiger partial charge < -0.3 is 4.74 Å².